The number of nitrogens with zero attached hydrogens (tertiary/aromatic N) is 3. The Morgan fingerprint density at radius 3 is 2.60 bits per heavy atom. The summed E-state index contributed by atoms with van der Waals surface area (Å²) in [4.78, 5) is 24.9. The molecule has 1 amide bonds. The number of ether oxygens (including phenoxy) is 1. The molecule has 2 aromatic heterocycles. The highest BCUT2D eigenvalue weighted by atomic mass is 16.5. The number of amides is 1. The zero-order chi connectivity index (χ0) is 18.0. The third-order valence-corrected chi connectivity index (χ3v) is 4.92. The minimum Gasteiger partial charge on any atom is -0.467 e. The number of fused-ring (bicyclic) bond motifs is 1. The van der Waals surface area contributed by atoms with Gasteiger partial charge in [0.2, 0.25) is 0 Å². The van der Waals surface area contributed by atoms with E-state index in [2.05, 4.69) is 20.3 Å². The topological polar surface area (TPSA) is 97.2 Å². The van der Waals surface area contributed by atoms with Gasteiger partial charge in [0.25, 0.3) is 5.91 Å². The summed E-state index contributed by atoms with van der Waals surface area (Å²) in [7, 11) is 1.50. The molecule has 3 rings (SSSR count). The number of rotatable bonds is 4. The Balaban J connectivity index is 1.65. The van der Waals surface area contributed by atoms with Gasteiger partial charge in [0, 0.05) is 23.8 Å². The molecule has 0 radical (unpaired) electrons. The Bertz CT molecular complexity index is 764. The molecule has 0 aromatic carbocycles. The monoisotopic (exact) mass is 344 g/mol. The zero-order valence-corrected chi connectivity index (χ0v) is 14.8. The SMILES string of the molecule is COc1ncc2cc(C(=O)N[C@H]3CC[C@H](C(C)(C)O)CC3)cnc2n1. The fourth-order valence-electron chi connectivity index (χ4n) is 3.34. The van der Waals surface area contributed by atoms with Gasteiger partial charge in [0.05, 0.1) is 18.3 Å². The van der Waals surface area contributed by atoms with E-state index in [9.17, 15) is 9.90 Å². The molecule has 0 saturated heterocycles. The van der Waals surface area contributed by atoms with Crippen LogP contribution >= 0.6 is 0 Å². The largest absolute Gasteiger partial charge is 0.467 e. The predicted molar refractivity (Wildman–Crippen MR) is 93.4 cm³/mol. The molecule has 134 valence electrons. The van der Waals surface area contributed by atoms with Crippen LogP contribution in [0.15, 0.2) is 18.5 Å². The van der Waals surface area contributed by atoms with Crippen LogP contribution in [-0.2, 0) is 0 Å². The lowest BCUT2D eigenvalue weighted by Crippen LogP contribution is -2.41. The second kappa shape index (κ2) is 6.92. The summed E-state index contributed by atoms with van der Waals surface area (Å²) in [5.74, 6) is 0.145. The first-order valence-electron chi connectivity index (χ1n) is 8.57. The van der Waals surface area contributed by atoms with Crippen LogP contribution in [0.2, 0.25) is 0 Å². The maximum absolute atomic E-state index is 12.5. The average molecular weight is 344 g/mol. The number of hydrogen-bond acceptors (Lipinski definition) is 6. The molecule has 1 aliphatic rings. The van der Waals surface area contributed by atoms with E-state index in [0.717, 1.165) is 25.7 Å². The first-order chi connectivity index (χ1) is 11.9. The van der Waals surface area contributed by atoms with Gasteiger partial charge in [-0.1, -0.05) is 0 Å². The molecule has 1 saturated carbocycles. The van der Waals surface area contributed by atoms with Crippen molar-refractivity contribution in [1.82, 2.24) is 20.3 Å². The van der Waals surface area contributed by atoms with Crippen LogP contribution in [0.3, 0.4) is 0 Å². The molecule has 7 nitrogen and oxygen atoms in total. The second-order valence-corrected chi connectivity index (χ2v) is 7.17. The molecule has 1 aliphatic carbocycles. The molecular formula is C18H24N4O3. The summed E-state index contributed by atoms with van der Waals surface area (Å²) < 4.78 is 4.97. The van der Waals surface area contributed by atoms with Crippen molar-refractivity contribution in [3.63, 3.8) is 0 Å². The summed E-state index contributed by atoms with van der Waals surface area (Å²) in [5.41, 5.74) is 0.332. The normalized spacial score (nSPS) is 21.1. The van der Waals surface area contributed by atoms with E-state index in [-0.39, 0.29) is 23.9 Å². The van der Waals surface area contributed by atoms with Crippen LogP contribution in [0.25, 0.3) is 11.0 Å². The van der Waals surface area contributed by atoms with Crippen molar-refractivity contribution in [2.45, 2.75) is 51.2 Å². The summed E-state index contributed by atoms with van der Waals surface area (Å²) in [6.07, 6.45) is 6.70. The van der Waals surface area contributed by atoms with Crippen LogP contribution in [0.5, 0.6) is 6.01 Å². The van der Waals surface area contributed by atoms with E-state index >= 15 is 0 Å². The predicted octanol–water partition coefficient (Wildman–Crippen LogP) is 2.09. The Morgan fingerprint density at radius 1 is 1.24 bits per heavy atom. The number of carbonyl (C=O) groups is 1. The van der Waals surface area contributed by atoms with E-state index in [1.807, 2.05) is 13.8 Å². The summed E-state index contributed by atoms with van der Waals surface area (Å²) in [5, 5.41) is 13.9. The highest BCUT2D eigenvalue weighted by Gasteiger charge is 2.31. The number of aliphatic hydroxyl groups is 1. The minimum absolute atomic E-state index is 0.133. The van der Waals surface area contributed by atoms with Gasteiger partial charge >= 0.3 is 6.01 Å². The third-order valence-electron chi connectivity index (χ3n) is 4.92. The maximum atomic E-state index is 12.5. The van der Waals surface area contributed by atoms with Crippen LogP contribution in [0, 0.1) is 5.92 Å². The molecule has 2 heterocycles. The van der Waals surface area contributed by atoms with Crippen LogP contribution in [-0.4, -0.2) is 44.7 Å². The molecule has 0 atom stereocenters. The number of aromatic nitrogens is 3. The van der Waals surface area contributed by atoms with E-state index in [4.69, 9.17) is 4.74 Å². The second-order valence-electron chi connectivity index (χ2n) is 7.17. The minimum atomic E-state index is -0.654. The van der Waals surface area contributed by atoms with E-state index < -0.39 is 5.60 Å². The molecule has 0 bridgehead atoms. The van der Waals surface area contributed by atoms with Gasteiger partial charge in [-0.05, 0) is 51.5 Å². The van der Waals surface area contributed by atoms with Crippen LogP contribution < -0.4 is 10.1 Å². The Hall–Kier alpha value is -2.28. The molecule has 0 unspecified atom stereocenters. The maximum Gasteiger partial charge on any atom is 0.318 e. The fraction of sp³-hybridized carbons (Fsp3) is 0.556. The zero-order valence-electron chi connectivity index (χ0n) is 14.8. The molecule has 2 aromatic rings. The molecule has 7 heteroatoms. The van der Waals surface area contributed by atoms with Gasteiger partial charge in [-0.2, -0.15) is 4.98 Å². The highest BCUT2D eigenvalue weighted by Crippen LogP contribution is 2.32. The average Bonchev–Trinajstić information content (AvgIpc) is 2.60. The van der Waals surface area contributed by atoms with E-state index in [0.29, 0.717) is 16.6 Å². The van der Waals surface area contributed by atoms with Crippen molar-refractivity contribution < 1.29 is 14.6 Å². The van der Waals surface area contributed by atoms with Gasteiger partial charge in [-0.15, -0.1) is 0 Å². The molecule has 0 spiro atoms. The molecule has 25 heavy (non-hydrogen) atoms. The van der Waals surface area contributed by atoms with Crippen molar-refractivity contribution in [2.75, 3.05) is 7.11 Å². The van der Waals surface area contributed by atoms with Crippen molar-refractivity contribution in [2.24, 2.45) is 5.92 Å². The summed E-state index contributed by atoms with van der Waals surface area (Å²) in [6.45, 7) is 3.71. The van der Waals surface area contributed by atoms with Crippen molar-refractivity contribution in [3.8, 4) is 6.01 Å². The lowest BCUT2D eigenvalue weighted by molar-refractivity contribution is -0.00257. The van der Waals surface area contributed by atoms with E-state index in [1.54, 1.807) is 12.3 Å². The van der Waals surface area contributed by atoms with Crippen LogP contribution in [0.1, 0.15) is 49.9 Å². The number of hydrogen-bond donors (Lipinski definition) is 2. The number of pyridine rings is 1. The Labute approximate surface area is 146 Å². The molecule has 2 N–H and O–H groups in total. The Morgan fingerprint density at radius 2 is 1.96 bits per heavy atom. The van der Waals surface area contributed by atoms with Gasteiger partial charge in [0.1, 0.15) is 0 Å². The van der Waals surface area contributed by atoms with Gasteiger partial charge in [-0.25, -0.2) is 9.97 Å². The number of nitrogens with one attached hydrogen (secondary N) is 1. The quantitative estimate of drug-likeness (QED) is 0.881. The smallest absolute Gasteiger partial charge is 0.318 e. The van der Waals surface area contributed by atoms with Gasteiger partial charge in [-0.3, -0.25) is 4.79 Å². The van der Waals surface area contributed by atoms with Gasteiger partial charge < -0.3 is 15.2 Å². The Kier molecular flexibility index (Phi) is 4.85. The molecular weight excluding hydrogens is 320 g/mol. The molecule has 1 fully saturated rings. The lowest BCUT2D eigenvalue weighted by Gasteiger charge is -2.36. The summed E-state index contributed by atoms with van der Waals surface area (Å²) >= 11 is 0. The fourth-order valence-corrected chi connectivity index (χ4v) is 3.34. The summed E-state index contributed by atoms with van der Waals surface area (Å²) in [6, 6.07) is 2.12. The van der Waals surface area contributed by atoms with Crippen LogP contribution in [0.4, 0.5) is 0 Å². The molecule has 0 aliphatic heterocycles. The standard InChI is InChI=1S/C18H24N4O3/c1-18(2,24)13-4-6-14(7-5-13)21-16(23)12-8-11-9-20-17(25-3)22-15(11)19-10-12/h8-10,13-14,24H,4-7H2,1-3H3,(H,21,23)/t13-,14-. The van der Waals surface area contributed by atoms with E-state index in [1.165, 1.54) is 13.3 Å². The van der Waals surface area contributed by atoms with Crippen molar-refractivity contribution >= 4 is 16.9 Å². The first kappa shape index (κ1) is 17.5. The lowest BCUT2D eigenvalue weighted by atomic mass is 9.77. The third kappa shape index (κ3) is 4.04. The van der Waals surface area contributed by atoms with Crippen molar-refractivity contribution in [1.29, 1.82) is 0 Å². The van der Waals surface area contributed by atoms with Gasteiger partial charge in [0.15, 0.2) is 5.65 Å². The number of methoxy groups -OCH3 is 1. The first-order valence-corrected chi connectivity index (χ1v) is 8.57. The highest BCUT2D eigenvalue weighted by molar-refractivity contribution is 5.96. The number of carbonyl (C=O) groups excluding carboxylic acids is 1. The van der Waals surface area contributed by atoms with Crippen molar-refractivity contribution in [3.05, 3.63) is 24.0 Å².